The van der Waals surface area contributed by atoms with Gasteiger partial charge < -0.3 is 28.8 Å². The van der Waals surface area contributed by atoms with Crippen molar-refractivity contribution in [3.63, 3.8) is 0 Å². The van der Waals surface area contributed by atoms with Crippen molar-refractivity contribution in [2.45, 2.75) is 264 Å². The molecule has 0 bridgehead atoms. The molecule has 0 aliphatic carbocycles. The molecule has 0 rings (SSSR count). The molecule has 0 aromatic carbocycles. The Morgan fingerprint density at radius 3 is 1.09 bits per heavy atom. The molecule has 1 amide bonds. The van der Waals surface area contributed by atoms with E-state index in [9.17, 15) is 19.4 Å². The average Bonchev–Trinajstić information content (AvgIpc) is 3.49. The van der Waals surface area contributed by atoms with E-state index in [1.165, 1.54) is 109 Å². The predicted octanol–water partition coefficient (Wildman–Crippen LogP) is 21.3. The van der Waals surface area contributed by atoms with Gasteiger partial charge in [0, 0.05) is 6.42 Å². The molecule has 0 radical (unpaired) electrons. The van der Waals surface area contributed by atoms with Crippen molar-refractivity contribution in [1.29, 1.82) is 0 Å². The van der Waals surface area contributed by atoms with Crippen LogP contribution in [0.25, 0.3) is 0 Å². The number of likely N-dealkylation sites (N-methyl/N-ethyl adjacent to an activating group) is 1. The maximum absolute atomic E-state index is 13.0. The maximum Gasteiger partial charge on any atom is 0.268 e. The fourth-order valence-electron chi connectivity index (χ4n) is 8.90. The molecule has 0 aliphatic heterocycles. The molecule has 2 N–H and O–H groups in total. The van der Waals surface area contributed by atoms with E-state index in [1.807, 2.05) is 27.2 Å². The SMILES string of the molecule is CC/C=C\C/C=C\C/C=C\C/C=C\C/C=C\C/C=C\C/C=C\C/C=C\C/C=C\C/C=C\C/C=C\CCCCCC(=O)NC(COP(=O)([O-])OCC[N+](C)(C)C)C(O)/C=C/CC/C=C/CC/C=C/CCCCCCCCCCCCCCCCCC. The molecule has 9 heteroatoms. The van der Waals surface area contributed by atoms with Gasteiger partial charge in [0.15, 0.2) is 0 Å². The molecule has 0 saturated carbocycles. The van der Waals surface area contributed by atoms with Gasteiger partial charge in [-0.2, -0.15) is 0 Å². The summed E-state index contributed by atoms with van der Waals surface area (Å²) in [6.07, 6.45) is 102. The summed E-state index contributed by atoms with van der Waals surface area (Å²) >= 11 is 0. The van der Waals surface area contributed by atoms with Gasteiger partial charge in [-0.3, -0.25) is 9.36 Å². The van der Waals surface area contributed by atoms with Gasteiger partial charge in [0.25, 0.3) is 7.82 Å². The zero-order valence-electron chi connectivity index (χ0n) is 55.0. The van der Waals surface area contributed by atoms with E-state index in [1.54, 1.807) is 6.08 Å². The third-order valence-corrected chi connectivity index (χ3v) is 15.1. The van der Waals surface area contributed by atoms with E-state index in [4.69, 9.17) is 9.05 Å². The number of hydrogen-bond acceptors (Lipinski definition) is 6. The van der Waals surface area contributed by atoms with Gasteiger partial charge in [-0.15, -0.1) is 0 Å². The Bertz CT molecular complexity index is 1990. The quantitative estimate of drug-likeness (QED) is 0.0272. The lowest BCUT2D eigenvalue weighted by Gasteiger charge is -2.29. The molecule has 482 valence electrons. The zero-order valence-corrected chi connectivity index (χ0v) is 55.9. The predicted molar refractivity (Wildman–Crippen MR) is 370 cm³/mol. The Morgan fingerprint density at radius 1 is 0.424 bits per heavy atom. The number of allylic oxidation sites excluding steroid dienone is 27. The molecule has 0 spiro atoms. The summed E-state index contributed by atoms with van der Waals surface area (Å²) in [6, 6.07) is -0.943. The van der Waals surface area contributed by atoms with Crippen molar-refractivity contribution in [3.05, 3.63) is 170 Å². The molecule has 3 unspecified atom stereocenters. The standard InChI is InChI=1S/C76H127N2O6P/c1-6-8-10-12-14-16-18-20-22-24-26-28-30-32-34-35-36-37-38-39-40-41-42-43-44-46-48-50-52-54-56-58-60-62-64-66-68-70-76(80)77-74(73-84-85(81,82)83-72-71-78(3,4)5)75(79)69-67-65-63-61-59-57-55-53-51-49-47-45-33-31-29-27-25-23-21-19-17-15-13-11-9-7-2/h8,10,14,16,20,22,26,28,32,34,36-37,39-40,42-43,46,48,51-54,58-61,67,69,74-75,79H,6-7,9,11-13,15,17-19,21,23-25,27,29-31,33,35,38,41,44-45,47,49-50,55-57,62-66,68,70-73H2,1-5H3,(H-,77,80,81,82)/b10-8-,16-14-,22-20-,28-26-,34-32-,37-36-,40-39-,43-42-,48-46-,53-51+,54-52-,60-58-,61-59+,69-67+. The molecular formula is C76H127N2O6P. The Balaban J connectivity index is 4.31. The number of aliphatic hydroxyl groups is 1. The van der Waals surface area contributed by atoms with E-state index < -0.39 is 26.6 Å². The summed E-state index contributed by atoms with van der Waals surface area (Å²) in [5.74, 6) is -0.249. The zero-order chi connectivity index (χ0) is 61.9. The van der Waals surface area contributed by atoms with Crippen molar-refractivity contribution < 1.29 is 32.9 Å². The van der Waals surface area contributed by atoms with Gasteiger partial charge in [-0.25, -0.2) is 0 Å². The molecular weight excluding hydrogens is 1070 g/mol. The van der Waals surface area contributed by atoms with Gasteiger partial charge in [0.2, 0.25) is 5.91 Å². The number of aliphatic hydroxyl groups excluding tert-OH is 1. The van der Waals surface area contributed by atoms with E-state index in [2.05, 4.69) is 177 Å². The van der Waals surface area contributed by atoms with Crippen LogP contribution < -0.4 is 10.2 Å². The largest absolute Gasteiger partial charge is 0.756 e. The Labute approximate surface area is 524 Å². The van der Waals surface area contributed by atoms with Crippen LogP contribution in [0, 0.1) is 0 Å². The van der Waals surface area contributed by atoms with Gasteiger partial charge in [0.05, 0.1) is 39.9 Å². The summed E-state index contributed by atoms with van der Waals surface area (Å²) in [7, 11) is 1.19. The van der Waals surface area contributed by atoms with Crippen molar-refractivity contribution in [1.82, 2.24) is 5.32 Å². The summed E-state index contributed by atoms with van der Waals surface area (Å²) in [6.45, 7) is 4.47. The highest BCUT2D eigenvalue weighted by Gasteiger charge is 2.23. The molecule has 8 nitrogen and oxygen atoms in total. The van der Waals surface area contributed by atoms with Crippen LogP contribution in [-0.2, 0) is 18.4 Å². The van der Waals surface area contributed by atoms with Crippen molar-refractivity contribution in [2.75, 3.05) is 40.9 Å². The van der Waals surface area contributed by atoms with Crippen LogP contribution in [-0.4, -0.2) is 68.5 Å². The van der Waals surface area contributed by atoms with Crippen molar-refractivity contribution in [3.8, 4) is 0 Å². The highest BCUT2D eigenvalue weighted by atomic mass is 31.2. The monoisotopic (exact) mass is 1190 g/mol. The number of phosphoric ester groups is 1. The number of nitrogens with one attached hydrogen (secondary N) is 1. The first-order chi connectivity index (χ1) is 41.5. The molecule has 3 atom stereocenters. The van der Waals surface area contributed by atoms with Crippen LogP contribution in [0.1, 0.15) is 251 Å². The third-order valence-electron chi connectivity index (χ3n) is 14.1. The van der Waals surface area contributed by atoms with E-state index in [0.717, 1.165) is 109 Å². The lowest BCUT2D eigenvalue weighted by Crippen LogP contribution is -2.45. The second-order valence-electron chi connectivity index (χ2n) is 23.4. The Kier molecular flexibility index (Phi) is 61.2. The highest BCUT2D eigenvalue weighted by Crippen LogP contribution is 2.38. The summed E-state index contributed by atoms with van der Waals surface area (Å²) in [4.78, 5) is 25.6. The number of carbonyl (C=O) groups is 1. The minimum atomic E-state index is -4.64. The fraction of sp³-hybridized carbons (Fsp3) is 0.618. The minimum absolute atomic E-state index is 0.0253. The molecule has 0 fully saturated rings. The first kappa shape index (κ1) is 80.9. The van der Waals surface area contributed by atoms with E-state index in [-0.39, 0.29) is 18.9 Å². The van der Waals surface area contributed by atoms with Crippen LogP contribution in [0.4, 0.5) is 0 Å². The number of amides is 1. The lowest BCUT2D eigenvalue weighted by molar-refractivity contribution is -0.870. The third kappa shape index (κ3) is 67.2. The van der Waals surface area contributed by atoms with E-state index >= 15 is 0 Å². The van der Waals surface area contributed by atoms with Gasteiger partial charge >= 0.3 is 0 Å². The van der Waals surface area contributed by atoms with Gasteiger partial charge in [-0.05, 0) is 128 Å². The van der Waals surface area contributed by atoms with Crippen molar-refractivity contribution >= 4 is 13.7 Å². The molecule has 0 saturated heterocycles. The van der Waals surface area contributed by atoms with Crippen LogP contribution >= 0.6 is 7.82 Å². The molecule has 0 aliphatic rings. The second kappa shape index (κ2) is 64.3. The molecule has 0 heterocycles. The second-order valence-corrected chi connectivity index (χ2v) is 24.8. The number of nitrogens with zero attached hydrogens (tertiary/aromatic N) is 1. The summed E-state index contributed by atoms with van der Waals surface area (Å²) < 4.78 is 23.4. The van der Waals surface area contributed by atoms with E-state index in [0.29, 0.717) is 23.9 Å². The molecule has 0 aromatic heterocycles. The smallest absolute Gasteiger partial charge is 0.268 e. The number of carbonyl (C=O) groups excluding carboxylic acids is 1. The van der Waals surface area contributed by atoms with Gasteiger partial charge in [-0.1, -0.05) is 287 Å². The fourth-order valence-corrected chi connectivity index (χ4v) is 9.62. The van der Waals surface area contributed by atoms with Gasteiger partial charge in [0.1, 0.15) is 13.2 Å². The number of quaternary nitrogens is 1. The Morgan fingerprint density at radius 2 is 0.729 bits per heavy atom. The number of rotatable bonds is 60. The average molecular weight is 1200 g/mol. The maximum atomic E-state index is 13.0. The normalized spacial score (nSPS) is 14.8. The van der Waals surface area contributed by atoms with Crippen LogP contribution in [0.2, 0.25) is 0 Å². The van der Waals surface area contributed by atoms with Crippen LogP contribution in [0.3, 0.4) is 0 Å². The number of unbranched alkanes of at least 4 members (excludes halogenated alkanes) is 21. The topological polar surface area (TPSA) is 108 Å². The molecule has 85 heavy (non-hydrogen) atoms. The summed E-state index contributed by atoms with van der Waals surface area (Å²) in [5.41, 5.74) is 0. The Hall–Kier alpha value is -4.14. The first-order valence-electron chi connectivity index (χ1n) is 34.0. The number of hydrogen-bond donors (Lipinski definition) is 2. The summed E-state index contributed by atoms with van der Waals surface area (Å²) in [5, 5.41) is 13.9. The van der Waals surface area contributed by atoms with Crippen molar-refractivity contribution in [2.24, 2.45) is 0 Å². The highest BCUT2D eigenvalue weighted by molar-refractivity contribution is 7.45. The first-order valence-corrected chi connectivity index (χ1v) is 35.5. The minimum Gasteiger partial charge on any atom is -0.756 e. The van der Waals surface area contributed by atoms with Crippen LogP contribution in [0.15, 0.2) is 170 Å². The number of phosphoric acid groups is 1. The lowest BCUT2D eigenvalue weighted by atomic mass is 10.0. The molecule has 0 aromatic rings. The van der Waals surface area contributed by atoms with Crippen LogP contribution in [0.5, 0.6) is 0 Å².